The maximum absolute atomic E-state index is 6.34. The fraction of sp³-hybridized carbons (Fsp3) is 0.294. The Labute approximate surface area is 130 Å². The van der Waals surface area contributed by atoms with Crippen LogP contribution in [0.2, 0.25) is 5.02 Å². The molecule has 2 N–H and O–H groups in total. The topological polar surface area (TPSA) is 44.5 Å². The first-order chi connectivity index (χ1) is 10.0. The number of aryl methyl sites for hydroxylation is 1. The van der Waals surface area contributed by atoms with Crippen LogP contribution in [0.5, 0.6) is 11.5 Å². The summed E-state index contributed by atoms with van der Waals surface area (Å²) in [6, 6.07) is 11.4. The van der Waals surface area contributed by atoms with Crippen molar-refractivity contribution >= 4 is 11.6 Å². The number of benzene rings is 2. The van der Waals surface area contributed by atoms with Gasteiger partial charge in [0.2, 0.25) is 0 Å². The summed E-state index contributed by atoms with van der Waals surface area (Å²) < 4.78 is 10.6. The molecule has 0 spiro atoms. The molecule has 4 heteroatoms. The summed E-state index contributed by atoms with van der Waals surface area (Å²) in [6.07, 6.45) is 0.642. The summed E-state index contributed by atoms with van der Waals surface area (Å²) in [5, 5.41) is 0.743. The van der Waals surface area contributed by atoms with Gasteiger partial charge < -0.3 is 15.2 Å². The summed E-state index contributed by atoms with van der Waals surface area (Å²) in [5.41, 5.74) is 9.41. The molecular formula is C17H20ClNO2. The Hall–Kier alpha value is -1.71. The summed E-state index contributed by atoms with van der Waals surface area (Å²) in [4.78, 5) is 0. The first kappa shape index (κ1) is 15.7. The predicted octanol–water partition coefficient (Wildman–Crippen LogP) is 3.91. The van der Waals surface area contributed by atoms with E-state index in [4.69, 9.17) is 26.8 Å². The van der Waals surface area contributed by atoms with E-state index in [2.05, 4.69) is 0 Å². The Kier molecular flexibility index (Phi) is 5.10. The molecule has 0 aliphatic carbocycles. The van der Waals surface area contributed by atoms with Crippen molar-refractivity contribution in [3.63, 3.8) is 0 Å². The van der Waals surface area contributed by atoms with Crippen molar-refractivity contribution in [2.75, 3.05) is 14.2 Å². The van der Waals surface area contributed by atoms with Crippen molar-refractivity contribution in [2.45, 2.75) is 19.4 Å². The zero-order valence-corrected chi connectivity index (χ0v) is 13.3. The molecule has 1 atom stereocenters. The van der Waals surface area contributed by atoms with Gasteiger partial charge in [0.15, 0.2) is 0 Å². The fourth-order valence-electron chi connectivity index (χ4n) is 2.29. The van der Waals surface area contributed by atoms with Gasteiger partial charge in [-0.15, -0.1) is 0 Å². The standard InChI is InChI=1S/C17H20ClNO2/c1-11-4-5-12(15(18)8-11)9-16(19)14-10-13(20-2)6-7-17(14)21-3/h4-8,10,16H,9,19H2,1-3H3. The highest BCUT2D eigenvalue weighted by atomic mass is 35.5. The van der Waals surface area contributed by atoms with E-state index < -0.39 is 0 Å². The summed E-state index contributed by atoms with van der Waals surface area (Å²) in [6.45, 7) is 2.01. The van der Waals surface area contributed by atoms with E-state index in [-0.39, 0.29) is 6.04 Å². The Bertz CT molecular complexity index is 628. The minimum Gasteiger partial charge on any atom is -0.497 e. The van der Waals surface area contributed by atoms with Crippen LogP contribution in [0.3, 0.4) is 0 Å². The average molecular weight is 306 g/mol. The van der Waals surface area contributed by atoms with Crippen LogP contribution in [-0.4, -0.2) is 14.2 Å². The molecule has 21 heavy (non-hydrogen) atoms. The van der Waals surface area contributed by atoms with E-state index in [1.165, 1.54) is 0 Å². The molecule has 2 aromatic rings. The van der Waals surface area contributed by atoms with Crippen molar-refractivity contribution in [3.8, 4) is 11.5 Å². The van der Waals surface area contributed by atoms with E-state index in [1.54, 1.807) is 14.2 Å². The van der Waals surface area contributed by atoms with E-state index in [0.717, 1.165) is 33.2 Å². The van der Waals surface area contributed by atoms with Crippen LogP contribution in [0.15, 0.2) is 36.4 Å². The quantitative estimate of drug-likeness (QED) is 0.911. The van der Waals surface area contributed by atoms with Crippen LogP contribution in [0.25, 0.3) is 0 Å². The van der Waals surface area contributed by atoms with Crippen LogP contribution < -0.4 is 15.2 Å². The smallest absolute Gasteiger partial charge is 0.123 e. The van der Waals surface area contributed by atoms with Crippen molar-refractivity contribution in [1.82, 2.24) is 0 Å². The third-order valence-electron chi connectivity index (χ3n) is 3.48. The number of hydrogen-bond acceptors (Lipinski definition) is 3. The molecule has 2 aromatic carbocycles. The minimum absolute atomic E-state index is 0.213. The summed E-state index contributed by atoms with van der Waals surface area (Å²) >= 11 is 6.28. The first-order valence-electron chi connectivity index (χ1n) is 6.77. The molecule has 0 saturated heterocycles. The van der Waals surface area contributed by atoms with Crippen LogP contribution >= 0.6 is 11.6 Å². The van der Waals surface area contributed by atoms with Gasteiger partial charge in [0, 0.05) is 16.6 Å². The third kappa shape index (κ3) is 3.69. The molecule has 0 radical (unpaired) electrons. The lowest BCUT2D eigenvalue weighted by Crippen LogP contribution is -2.15. The molecule has 0 heterocycles. The highest BCUT2D eigenvalue weighted by molar-refractivity contribution is 6.31. The van der Waals surface area contributed by atoms with E-state index >= 15 is 0 Å². The predicted molar refractivity (Wildman–Crippen MR) is 86.4 cm³/mol. The Morgan fingerprint density at radius 2 is 1.86 bits per heavy atom. The SMILES string of the molecule is COc1ccc(OC)c(C(N)Cc2ccc(C)cc2Cl)c1. The molecule has 3 nitrogen and oxygen atoms in total. The van der Waals surface area contributed by atoms with E-state index in [9.17, 15) is 0 Å². The van der Waals surface area contributed by atoms with Crippen LogP contribution in [0.4, 0.5) is 0 Å². The highest BCUT2D eigenvalue weighted by Gasteiger charge is 2.15. The average Bonchev–Trinajstić information content (AvgIpc) is 2.49. The lowest BCUT2D eigenvalue weighted by molar-refractivity contribution is 0.395. The third-order valence-corrected chi connectivity index (χ3v) is 3.84. The van der Waals surface area contributed by atoms with Crippen LogP contribution in [-0.2, 0) is 6.42 Å². The Morgan fingerprint density at radius 1 is 1.10 bits per heavy atom. The zero-order valence-electron chi connectivity index (χ0n) is 12.5. The number of nitrogens with two attached hydrogens (primary N) is 1. The van der Waals surface area contributed by atoms with Crippen molar-refractivity contribution in [3.05, 3.63) is 58.1 Å². The Balaban J connectivity index is 2.28. The van der Waals surface area contributed by atoms with Gasteiger partial charge in [0.25, 0.3) is 0 Å². The number of methoxy groups -OCH3 is 2. The number of hydrogen-bond donors (Lipinski definition) is 1. The maximum atomic E-state index is 6.34. The second kappa shape index (κ2) is 6.83. The first-order valence-corrected chi connectivity index (χ1v) is 7.15. The molecule has 0 fully saturated rings. The van der Waals surface area contributed by atoms with Crippen molar-refractivity contribution < 1.29 is 9.47 Å². The van der Waals surface area contributed by atoms with Gasteiger partial charge in [-0.1, -0.05) is 23.7 Å². The van der Waals surface area contributed by atoms with Gasteiger partial charge in [0.05, 0.1) is 14.2 Å². The number of rotatable bonds is 5. The molecule has 0 aliphatic rings. The zero-order chi connectivity index (χ0) is 15.4. The van der Waals surface area contributed by atoms with Crippen molar-refractivity contribution in [2.24, 2.45) is 5.73 Å². The second-order valence-corrected chi connectivity index (χ2v) is 5.42. The molecule has 0 amide bonds. The van der Waals surface area contributed by atoms with E-state index in [1.807, 2.05) is 43.3 Å². The highest BCUT2D eigenvalue weighted by Crippen LogP contribution is 2.31. The summed E-state index contributed by atoms with van der Waals surface area (Å²) in [5.74, 6) is 1.52. The van der Waals surface area contributed by atoms with Gasteiger partial charge in [-0.3, -0.25) is 0 Å². The fourth-order valence-corrected chi connectivity index (χ4v) is 2.61. The molecule has 0 bridgehead atoms. The molecule has 2 rings (SSSR count). The number of halogens is 1. The minimum atomic E-state index is -0.213. The molecular weight excluding hydrogens is 286 g/mol. The van der Waals surface area contributed by atoms with Crippen LogP contribution in [0.1, 0.15) is 22.7 Å². The second-order valence-electron chi connectivity index (χ2n) is 5.01. The summed E-state index contributed by atoms with van der Waals surface area (Å²) in [7, 11) is 3.27. The maximum Gasteiger partial charge on any atom is 0.123 e. The van der Waals surface area contributed by atoms with Gasteiger partial charge in [0.1, 0.15) is 11.5 Å². The largest absolute Gasteiger partial charge is 0.497 e. The molecule has 0 aliphatic heterocycles. The molecule has 112 valence electrons. The van der Waals surface area contributed by atoms with Gasteiger partial charge in [-0.2, -0.15) is 0 Å². The van der Waals surface area contributed by atoms with Gasteiger partial charge in [-0.25, -0.2) is 0 Å². The molecule has 1 unspecified atom stereocenters. The monoisotopic (exact) mass is 305 g/mol. The Morgan fingerprint density at radius 3 is 2.48 bits per heavy atom. The van der Waals surface area contributed by atoms with E-state index in [0.29, 0.717) is 6.42 Å². The molecule has 0 saturated carbocycles. The lowest BCUT2D eigenvalue weighted by atomic mass is 9.98. The number of ether oxygens (including phenoxy) is 2. The lowest BCUT2D eigenvalue weighted by Gasteiger charge is -2.17. The van der Waals surface area contributed by atoms with Gasteiger partial charge in [-0.05, 0) is 48.7 Å². The molecule has 0 aromatic heterocycles. The van der Waals surface area contributed by atoms with Crippen LogP contribution in [0, 0.1) is 6.92 Å². The normalized spacial score (nSPS) is 12.0. The van der Waals surface area contributed by atoms with Gasteiger partial charge >= 0.3 is 0 Å². The van der Waals surface area contributed by atoms with Crippen molar-refractivity contribution in [1.29, 1.82) is 0 Å².